The van der Waals surface area contributed by atoms with Gasteiger partial charge < -0.3 is 14.5 Å². The highest BCUT2D eigenvalue weighted by Crippen LogP contribution is 2.30. The van der Waals surface area contributed by atoms with Crippen LogP contribution in [0.5, 0.6) is 5.75 Å². The maximum absolute atomic E-state index is 12.7. The molecule has 2 fully saturated rings. The monoisotopic (exact) mass is 428 g/mol. The summed E-state index contributed by atoms with van der Waals surface area (Å²) in [6.45, 7) is 4.43. The normalized spacial score (nSPS) is 19.5. The van der Waals surface area contributed by atoms with Crippen LogP contribution in [0.1, 0.15) is 29.9 Å². The Kier molecular flexibility index (Phi) is 5.99. The van der Waals surface area contributed by atoms with Gasteiger partial charge in [0.05, 0.1) is 11.5 Å². The molecule has 0 radical (unpaired) electrons. The van der Waals surface area contributed by atoms with Crippen molar-refractivity contribution >= 4 is 21.6 Å². The number of rotatable bonds is 3. The van der Waals surface area contributed by atoms with Crippen molar-refractivity contribution in [3.63, 3.8) is 0 Å². The Bertz CT molecular complexity index is 999. The molecule has 160 valence electrons. The summed E-state index contributed by atoms with van der Waals surface area (Å²) in [5, 5.41) is 0. The number of amides is 1. The van der Waals surface area contributed by atoms with Crippen molar-refractivity contribution in [1.29, 1.82) is 0 Å². The molecule has 2 aromatic carbocycles. The minimum Gasteiger partial charge on any atom is -0.410 e. The lowest BCUT2D eigenvalue weighted by atomic mass is 9.87. The van der Waals surface area contributed by atoms with Gasteiger partial charge >= 0.3 is 6.09 Å². The zero-order chi connectivity index (χ0) is 21.1. The number of anilines is 1. The van der Waals surface area contributed by atoms with Crippen LogP contribution in [0.15, 0.2) is 48.5 Å². The third-order valence-electron chi connectivity index (χ3n) is 6.11. The smallest absolute Gasteiger partial charge is 0.410 e. The number of sulfone groups is 1. The predicted octanol–water partition coefficient (Wildman–Crippen LogP) is 3.61. The van der Waals surface area contributed by atoms with E-state index in [1.807, 2.05) is 23.1 Å². The van der Waals surface area contributed by atoms with E-state index in [0.717, 1.165) is 18.5 Å². The zero-order valence-corrected chi connectivity index (χ0v) is 18.1. The van der Waals surface area contributed by atoms with Crippen LogP contribution in [0, 0.1) is 6.92 Å². The van der Waals surface area contributed by atoms with Crippen LogP contribution in [0.4, 0.5) is 10.5 Å². The van der Waals surface area contributed by atoms with Gasteiger partial charge in [0.2, 0.25) is 0 Å². The van der Waals surface area contributed by atoms with Crippen molar-refractivity contribution in [2.24, 2.45) is 0 Å². The fourth-order valence-corrected chi connectivity index (χ4v) is 5.50. The molecule has 0 aliphatic carbocycles. The number of carbonyl (C=O) groups excluding carboxylic acids is 1. The highest BCUT2D eigenvalue weighted by molar-refractivity contribution is 7.91. The van der Waals surface area contributed by atoms with E-state index in [1.165, 1.54) is 11.1 Å². The van der Waals surface area contributed by atoms with Gasteiger partial charge in [-0.15, -0.1) is 0 Å². The first-order chi connectivity index (χ1) is 14.4. The van der Waals surface area contributed by atoms with Gasteiger partial charge in [0.25, 0.3) is 0 Å². The van der Waals surface area contributed by atoms with Gasteiger partial charge in [0, 0.05) is 37.9 Å². The molecule has 0 N–H and O–H groups in total. The summed E-state index contributed by atoms with van der Waals surface area (Å²) < 4.78 is 28.9. The Morgan fingerprint density at radius 3 is 2.37 bits per heavy atom. The van der Waals surface area contributed by atoms with Gasteiger partial charge in [-0.3, -0.25) is 0 Å². The van der Waals surface area contributed by atoms with Gasteiger partial charge in [0.1, 0.15) is 5.75 Å². The fraction of sp³-hybridized carbons (Fsp3) is 0.435. The van der Waals surface area contributed by atoms with Crippen LogP contribution in [-0.4, -0.2) is 57.1 Å². The van der Waals surface area contributed by atoms with E-state index in [0.29, 0.717) is 37.8 Å². The second-order valence-electron chi connectivity index (χ2n) is 8.12. The molecule has 0 atom stereocenters. The molecule has 30 heavy (non-hydrogen) atoms. The maximum Gasteiger partial charge on any atom is 0.415 e. The summed E-state index contributed by atoms with van der Waals surface area (Å²) in [5.74, 6) is 1.29. The topological polar surface area (TPSA) is 66.9 Å². The second-order valence-corrected chi connectivity index (χ2v) is 10.4. The quantitative estimate of drug-likeness (QED) is 0.747. The zero-order valence-electron chi connectivity index (χ0n) is 17.3. The minimum atomic E-state index is -2.93. The molecule has 1 amide bonds. The molecule has 6 nitrogen and oxygen atoms in total. The number of hydrogen-bond donors (Lipinski definition) is 0. The third-order valence-corrected chi connectivity index (χ3v) is 7.72. The number of benzene rings is 2. The molecule has 0 bridgehead atoms. The van der Waals surface area contributed by atoms with Gasteiger partial charge in [-0.25, -0.2) is 13.2 Å². The lowest BCUT2D eigenvalue weighted by Crippen LogP contribution is -2.40. The molecule has 4 rings (SSSR count). The molecular formula is C23H28N2O4S. The molecule has 0 unspecified atom stereocenters. The average Bonchev–Trinajstić information content (AvgIpc) is 2.74. The van der Waals surface area contributed by atoms with E-state index in [9.17, 15) is 13.2 Å². The summed E-state index contributed by atoms with van der Waals surface area (Å²) >= 11 is 0. The largest absolute Gasteiger partial charge is 0.415 e. The summed E-state index contributed by atoms with van der Waals surface area (Å²) in [7, 11) is -2.93. The molecule has 2 aliphatic rings. The van der Waals surface area contributed by atoms with Gasteiger partial charge in [0.15, 0.2) is 9.84 Å². The van der Waals surface area contributed by atoms with Crippen LogP contribution in [0.3, 0.4) is 0 Å². The van der Waals surface area contributed by atoms with E-state index in [4.69, 9.17) is 4.74 Å². The Hall–Kier alpha value is -2.54. The number of piperidine rings is 1. The number of likely N-dealkylation sites (tertiary alicyclic amines) is 1. The number of ether oxygens (including phenoxy) is 1. The van der Waals surface area contributed by atoms with Crippen molar-refractivity contribution in [3.05, 3.63) is 59.7 Å². The van der Waals surface area contributed by atoms with Crippen LogP contribution < -0.4 is 9.64 Å². The van der Waals surface area contributed by atoms with Crippen molar-refractivity contribution in [2.75, 3.05) is 42.6 Å². The van der Waals surface area contributed by atoms with Gasteiger partial charge in [-0.05, 0) is 48.9 Å². The average molecular weight is 429 g/mol. The minimum absolute atomic E-state index is 0.160. The highest BCUT2D eigenvalue weighted by atomic mass is 32.2. The third kappa shape index (κ3) is 4.78. The van der Waals surface area contributed by atoms with Gasteiger partial charge in [-0.1, -0.05) is 30.3 Å². The Morgan fingerprint density at radius 2 is 1.67 bits per heavy atom. The standard InChI is InChI=1S/C23H28N2O4S/c1-18-5-2-3-8-22(18)19-9-11-25(12-10-19)23(26)29-21-7-4-6-20(17-21)24-13-15-30(27,28)16-14-24/h2-8,17,19H,9-16H2,1H3. The summed E-state index contributed by atoms with van der Waals surface area (Å²) in [6, 6.07) is 15.8. The summed E-state index contributed by atoms with van der Waals surface area (Å²) in [6.07, 6.45) is 1.54. The number of nitrogens with zero attached hydrogens (tertiary/aromatic N) is 2. The molecule has 2 aromatic rings. The molecule has 0 aromatic heterocycles. The first-order valence-corrected chi connectivity index (χ1v) is 12.3. The molecule has 7 heteroatoms. The molecule has 0 spiro atoms. The second kappa shape index (κ2) is 8.68. The van der Waals surface area contributed by atoms with Gasteiger partial charge in [-0.2, -0.15) is 0 Å². The molecular weight excluding hydrogens is 400 g/mol. The lowest BCUT2D eigenvalue weighted by molar-refractivity contribution is 0.138. The van der Waals surface area contributed by atoms with E-state index < -0.39 is 9.84 Å². The molecule has 2 saturated heterocycles. The molecule has 2 aliphatic heterocycles. The van der Waals surface area contributed by atoms with Crippen molar-refractivity contribution in [1.82, 2.24) is 4.90 Å². The van der Waals surface area contributed by atoms with Crippen molar-refractivity contribution in [2.45, 2.75) is 25.7 Å². The van der Waals surface area contributed by atoms with Crippen LogP contribution in [0.25, 0.3) is 0 Å². The summed E-state index contributed by atoms with van der Waals surface area (Å²) in [5.41, 5.74) is 3.57. The number of hydrogen-bond acceptors (Lipinski definition) is 5. The molecule has 0 saturated carbocycles. The predicted molar refractivity (Wildman–Crippen MR) is 118 cm³/mol. The van der Waals surface area contributed by atoms with Crippen LogP contribution >= 0.6 is 0 Å². The first-order valence-electron chi connectivity index (χ1n) is 10.5. The SMILES string of the molecule is Cc1ccccc1C1CCN(C(=O)Oc2cccc(N3CCS(=O)(=O)CC3)c2)CC1. The molecule has 2 heterocycles. The summed E-state index contributed by atoms with van der Waals surface area (Å²) in [4.78, 5) is 16.5. The Morgan fingerprint density at radius 1 is 0.967 bits per heavy atom. The first kappa shape index (κ1) is 20.7. The highest BCUT2D eigenvalue weighted by Gasteiger charge is 2.26. The maximum atomic E-state index is 12.7. The lowest BCUT2D eigenvalue weighted by Gasteiger charge is -2.32. The van der Waals surface area contributed by atoms with E-state index in [2.05, 4.69) is 31.2 Å². The van der Waals surface area contributed by atoms with Crippen molar-refractivity contribution in [3.8, 4) is 5.75 Å². The van der Waals surface area contributed by atoms with Crippen molar-refractivity contribution < 1.29 is 17.9 Å². The Balaban J connectivity index is 1.34. The fourth-order valence-electron chi connectivity index (χ4n) is 4.30. The number of aryl methyl sites for hydroxylation is 1. The van der Waals surface area contributed by atoms with Crippen LogP contribution in [-0.2, 0) is 9.84 Å². The van der Waals surface area contributed by atoms with E-state index in [-0.39, 0.29) is 17.6 Å². The van der Waals surface area contributed by atoms with Crippen LogP contribution in [0.2, 0.25) is 0 Å². The number of carbonyl (C=O) groups is 1. The Labute approximate surface area is 178 Å². The van der Waals surface area contributed by atoms with E-state index >= 15 is 0 Å². The van der Waals surface area contributed by atoms with E-state index in [1.54, 1.807) is 11.0 Å².